The van der Waals surface area contributed by atoms with Crippen LogP contribution in [0.2, 0.25) is 0 Å². The molecule has 1 aliphatic rings. The highest BCUT2D eigenvalue weighted by Crippen LogP contribution is 2.40. The van der Waals surface area contributed by atoms with Crippen molar-refractivity contribution >= 4 is 17.8 Å². The monoisotopic (exact) mass is 526 g/mol. The summed E-state index contributed by atoms with van der Waals surface area (Å²) in [6, 6.07) is 7.14. The fourth-order valence-electron chi connectivity index (χ4n) is 3.62. The second-order valence-corrected chi connectivity index (χ2v) is 8.01. The topological polar surface area (TPSA) is 132 Å². The van der Waals surface area contributed by atoms with Crippen molar-refractivity contribution in [1.82, 2.24) is 10.6 Å². The minimum atomic E-state index is -5.26. The number of carbonyl (C=O) groups excluding carboxylic acids is 3. The molecule has 1 heterocycles. The number of nitrogens with one attached hydrogen (secondary N) is 2. The van der Waals surface area contributed by atoms with Crippen LogP contribution in [0.4, 0.5) is 13.2 Å². The summed E-state index contributed by atoms with van der Waals surface area (Å²) in [5.74, 6) is -5.15. The zero-order chi connectivity index (χ0) is 27.2. The molecule has 0 aliphatic carbocycles. The standard InChI is InChI=1S/C24H25F3N2O8/c1-34-18-10-14(11-19(35-2)20(18)37-23(33)24(25,26)27)22(32)36-17-4-3-9-28-12-16(17)29-21(31)13-5-7-15(30)8-6-13/h5-8,10-11,16-17,28,30H,3-4,9,12H2,1-2H3,(H,29,31)/t16-,17-/m1/s1. The largest absolute Gasteiger partial charge is 0.508 e. The summed E-state index contributed by atoms with van der Waals surface area (Å²) in [7, 11) is 2.22. The lowest BCUT2D eigenvalue weighted by molar-refractivity contribution is -0.189. The number of amides is 1. The zero-order valence-electron chi connectivity index (χ0n) is 19.9. The molecule has 37 heavy (non-hydrogen) atoms. The highest BCUT2D eigenvalue weighted by Gasteiger charge is 2.42. The van der Waals surface area contributed by atoms with Gasteiger partial charge in [0.2, 0.25) is 5.75 Å². The van der Waals surface area contributed by atoms with Crippen molar-refractivity contribution in [2.24, 2.45) is 0 Å². The van der Waals surface area contributed by atoms with Gasteiger partial charge in [0.05, 0.1) is 25.8 Å². The Labute approximate surface area is 209 Å². The van der Waals surface area contributed by atoms with E-state index in [1.807, 2.05) is 0 Å². The number of ether oxygens (including phenoxy) is 4. The minimum absolute atomic E-state index is 0.00420. The molecule has 1 fully saturated rings. The molecule has 1 aliphatic heterocycles. The lowest BCUT2D eigenvalue weighted by atomic mass is 10.1. The van der Waals surface area contributed by atoms with Crippen LogP contribution in [0.1, 0.15) is 33.6 Å². The average Bonchev–Trinajstić information content (AvgIpc) is 3.08. The first kappa shape index (κ1) is 27.6. The number of esters is 2. The lowest BCUT2D eigenvalue weighted by Crippen LogP contribution is -2.49. The molecule has 2 aromatic rings. The molecule has 0 unspecified atom stereocenters. The summed E-state index contributed by atoms with van der Waals surface area (Å²) in [5.41, 5.74) is 0.159. The van der Waals surface area contributed by atoms with E-state index in [1.54, 1.807) is 0 Å². The SMILES string of the molecule is COc1cc(C(=O)O[C@@H]2CCCNC[C@H]2NC(=O)c2ccc(O)cc2)cc(OC)c1OC(=O)C(F)(F)F. The van der Waals surface area contributed by atoms with E-state index in [2.05, 4.69) is 15.4 Å². The molecule has 0 saturated carbocycles. The molecule has 13 heteroatoms. The van der Waals surface area contributed by atoms with Gasteiger partial charge in [-0.3, -0.25) is 4.79 Å². The van der Waals surface area contributed by atoms with Gasteiger partial charge in [0.1, 0.15) is 11.9 Å². The van der Waals surface area contributed by atoms with E-state index in [4.69, 9.17) is 14.2 Å². The molecule has 10 nitrogen and oxygen atoms in total. The Morgan fingerprint density at radius 1 is 1.03 bits per heavy atom. The van der Waals surface area contributed by atoms with E-state index in [0.717, 1.165) is 26.4 Å². The zero-order valence-corrected chi connectivity index (χ0v) is 19.9. The highest BCUT2D eigenvalue weighted by molar-refractivity contribution is 5.95. The number of carbonyl (C=O) groups is 3. The molecule has 200 valence electrons. The number of hydrogen-bond donors (Lipinski definition) is 3. The molecule has 0 aromatic heterocycles. The van der Waals surface area contributed by atoms with Crippen LogP contribution in [0.5, 0.6) is 23.0 Å². The lowest BCUT2D eigenvalue weighted by Gasteiger charge is -2.26. The smallest absolute Gasteiger partial charge is 0.491 e. The number of phenolic OH excluding ortho intramolecular Hbond substituents is 1. The summed E-state index contributed by atoms with van der Waals surface area (Å²) >= 11 is 0. The maximum Gasteiger partial charge on any atom is 0.491 e. The molecule has 2 aromatic carbocycles. The molecule has 3 N–H and O–H groups in total. The van der Waals surface area contributed by atoms with Crippen molar-refractivity contribution in [3.63, 3.8) is 0 Å². The van der Waals surface area contributed by atoms with Gasteiger partial charge in [0, 0.05) is 12.1 Å². The van der Waals surface area contributed by atoms with Gasteiger partial charge in [0.25, 0.3) is 5.91 Å². The predicted molar refractivity (Wildman–Crippen MR) is 122 cm³/mol. The molecular formula is C24H25F3N2O8. The van der Waals surface area contributed by atoms with Gasteiger partial charge in [-0.2, -0.15) is 13.2 Å². The summed E-state index contributed by atoms with van der Waals surface area (Å²) in [4.78, 5) is 37.0. The van der Waals surface area contributed by atoms with Crippen molar-refractivity contribution in [2.45, 2.75) is 31.2 Å². The second-order valence-electron chi connectivity index (χ2n) is 8.01. The Morgan fingerprint density at radius 2 is 1.65 bits per heavy atom. The van der Waals surface area contributed by atoms with Crippen LogP contribution in [0.25, 0.3) is 0 Å². The van der Waals surface area contributed by atoms with E-state index < -0.39 is 41.9 Å². The number of hydrogen-bond acceptors (Lipinski definition) is 9. The van der Waals surface area contributed by atoms with Gasteiger partial charge in [0.15, 0.2) is 11.5 Å². The fraction of sp³-hybridized carbons (Fsp3) is 0.375. The summed E-state index contributed by atoms with van der Waals surface area (Å²) in [5, 5.41) is 15.4. The number of halogens is 3. The Hall–Kier alpha value is -4.00. The number of aromatic hydroxyl groups is 1. The number of alkyl halides is 3. The molecule has 2 atom stereocenters. The molecule has 3 rings (SSSR count). The first-order chi connectivity index (χ1) is 17.5. The van der Waals surface area contributed by atoms with Crippen molar-refractivity contribution in [2.75, 3.05) is 27.3 Å². The summed E-state index contributed by atoms with van der Waals surface area (Å²) in [6.45, 7) is 0.932. The number of methoxy groups -OCH3 is 2. The number of phenols is 1. The van der Waals surface area contributed by atoms with E-state index in [-0.39, 0.29) is 22.8 Å². The van der Waals surface area contributed by atoms with Crippen molar-refractivity contribution in [3.05, 3.63) is 47.5 Å². The quantitative estimate of drug-likeness (QED) is 0.368. The van der Waals surface area contributed by atoms with Crippen LogP contribution in [-0.4, -0.2) is 68.6 Å². The molecule has 0 radical (unpaired) electrons. The second kappa shape index (κ2) is 11.8. The molecule has 1 saturated heterocycles. The van der Waals surface area contributed by atoms with E-state index in [9.17, 15) is 32.7 Å². The third-order valence-corrected chi connectivity index (χ3v) is 5.48. The van der Waals surface area contributed by atoms with E-state index >= 15 is 0 Å². The maximum atomic E-state index is 13.0. The summed E-state index contributed by atoms with van der Waals surface area (Å²) in [6.07, 6.45) is -4.96. The van der Waals surface area contributed by atoms with Gasteiger partial charge in [-0.05, 0) is 55.8 Å². The van der Waals surface area contributed by atoms with Crippen LogP contribution in [0, 0.1) is 0 Å². The number of benzene rings is 2. The van der Waals surface area contributed by atoms with Crippen LogP contribution in [-0.2, 0) is 9.53 Å². The van der Waals surface area contributed by atoms with E-state index in [0.29, 0.717) is 31.5 Å². The Kier molecular flexibility index (Phi) is 8.81. The van der Waals surface area contributed by atoms with Crippen LogP contribution in [0.15, 0.2) is 36.4 Å². The van der Waals surface area contributed by atoms with Crippen LogP contribution < -0.4 is 24.8 Å². The Morgan fingerprint density at radius 3 is 2.22 bits per heavy atom. The highest BCUT2D eigenvalue weighted by atomic mass is 19.4. The average molecular weight is 526 g/mol. The summed E-state index contributed by atoms with van der Waals surface area (Å²) < 4.78 is 58.1. The van der Waals surface area contributed by atoms with Gasteiger partial charge in [-0.15, -0.1) is 0 Å². The molecule has 0 spiro atoms. The van der Waals surface area contributed by atoms with Gasteiger partial charge in [-0.25, -0.2) is 9.59 Å². The first-order valence-electron chi connectivity index (χ1n) is 11.1. The molecule has 1 amide bonds. The van der Waals surface area contributed by atoms with Gasteiger partial charge in [-0.1, -0.05) is 0 Å². The third-order valence-electron chi connectivity index (χ3n) is 5.48. The van der Waals surface area contributed by atoms with Crippen molar-refractivity contribution in [1.29, 1.82) is 0 Å². The van der Waals surface area contributed by atoms with Crippen molar-refractivity contribution in [3.8, 4) is 23.0 Å². The normalized spacial score (nSPS) is 17.8. The Balaban J connectivity index is 1.81. The third kappa shape index (κ3) is 7.03. The Bertz CT molecular complexity index is 1110. The van der Waals surface area contributed by atoms with Gasteiger partial charge < -0.3 is 34.7 Å². The first-order valence-corrected chi connectivity index (χ1v) is 11.1. The molecular weight excluding hydrogens is 501 g/mol. The van der Waals surface area contributed by atoms with Gasteiger partial charge >= 0.3 is 18.1 Å². The molecule has 0 bridgehead atoms. The van der Waals surface area contributed by atoms with Crippen LogP contribution >= 0.6 is 0 Å². The van der Waals surface area contributed by atoms with Crippen molar-refractivity contribution < 1.29 is 51.6 Å². The van der Waals surface area contributed by atoms with E-state index in [1.165, 1.54) is 24.3 Å². The fourth-order valence-corrected chi connectivity index (χ4v) is 3.62. The minimum Gasteiger partial charge on any atom is -0.508 e. The predicted octanol–water partition coefficient (Wildman–Crippen LogP) is 2.58. The maximum absolute atomic E-state index is 13.0. The number of rotatable bonds is 7. The van der Waals surface area contributed by atoms with Crippen LogP contribution in [0.3, 0.4) is 0 Å².